The summed E-state index contributed by atoms with van der Waals surface area (Å²) in [6.45, 7) is 0.0700. The lowest BCUT2D eigenvalue weighted by atomic mass is 10.1. The molecule has 0 heterocycles. The summed E-state index contributed by atoms with van der Waals surface area (Å²) < 4.78 is 27.4. The van der Waals surface area contributed by atoms with E-state index in [0.29, 0.717) is 5.75 Å². The number of fused-ring (bicyclic) bond motifs is 1. The first kappa shape index (κ1) is 16.5. The van der Waals surface area contributed by atoms with E-state index in [9.17, 15) is 9.46 Å². The molecule has 0 saturated carbocycles. The van der Waals surface area contributed by atoms with E-state index >= 15 is 0 Å². The topological polar surface area (TPSA) is 65.0 Å². The number of rotatable bonds is 7. The van der Waals surface area contributed by atoms with E-state index in [4.69, 9.17) is 13.8 Å². The molecule has 124 valence electrons. The fourth-order valence-corrected chi connectivity index (χ4v) is 3.01. The van der Waals surface area contributed by atoms with Crippen LogP contribution in [0.4, 0.5) is 0 Å². The Balaban J connectivity index is 1.54. The number of phosphoric acid groups is 1. The Bertz CT molecular complexity index is 845. The zero-order chi connectivity index (χ0) is 16.8. The van der Waals surface area contributed by atoms with Crippen LogP contribution in [0.3, 0.4) is 0 Å². The van der Waals surface area contributed by atoms with Crippen molar-refractivity contribution in [1.29, 1.82) is 0 Å². The molecular weight excluding hydrogens is 327 g/mol. The highest BCUT2D eigenvalue weighted by Crippen LogP contribution is 2.43. The molecule has 6 heteroatoms. The largest absolute Gasteiger partial charge is 0.527 e. The van der Waals surface area contributed by atoms with Gasteiger partial charge in [0.1, 0.15) is 18.1 Å². The van der Waals surface area contributed by atoms with Crippen molar-refractivity contribution in [2.45, 2.75) is 0 Å². The van der Waals surface area contributed by atoms with Crippen molar-refractivity contribution in [2.75, 3.05) is 13.2 Å². The van der Waals surface area contributed by atoms with E-state index < -0.39 is 7.82 Å². The third kappa shape index (κ3) is 4.36. The first-order chi connectivity index (χ1) is 11.6. The van der Waals surface area contributed by atoms with Gasteiger partial charge in [0.05, 0.1) is 6.61 Å². The van der Waals surface area contributed by atoms with Gasteiger partial charge in [-0.25, -0.2) is 4.57 Å². The molecule has 1 atom stereocenters. The van der Waals surface area contributed by atoms with Crippen LogP contribution in [0.5, 0.6) is 11.5 Å². The number of hydrogen-bond donors (Lipinski definition) is 1. The van der Waals surface area contributed by atoms with Crippen LogP contribution in [0.1, 0.15) is 0 Å². The van der Waals surface area contributed by atoms with Gasteiger partial charge < -0.3 is 9.26 Å². The van der Waals surface area contributed by atoms with Gasteiger partial charge in [-0.1, -0.05) is 54.6 Å². The molecule has 0 saturated heterocycles. The summed E-state index contributed by atoms with van der Waals surface area (Å²) >= 11 is 0. The first-order valence-corrected chi connectivity index (χ1v) is 8.96. The van der Waals surface area contributed by atoms with Crippen LogP contribution in [-0.4, -0.2) is 18.1 Å². The third-order valence-corrected chi connectivity index (χ3v) is 4.26. The van der Waals surface area contributed by atoms with E-state index in [1.54, 1.807) is 30.3 Å². The third-order valence-electron chi connectivity index (χ3n) is 3.31. The van der Waals surface area contributed by atoms with Crippen LogP contribution >= 0.6 is 7.82 Å². The molecule has 0 radical (unpaired) electrons. The Hall–Kier alpha value is -2.33. The second kappa shape index (κ2) is 7.49. The Morgan fingerprint density at radius 1 is 0.833 bits per heavy atom. The zero-order valence-electron chi connectivity index (χ0n) is 12.9. The molecule has 0 aliphatic heterocycles. The van der Waals surface area contributed by atoms with Crippen LogP contribution in [0, 0.1) is 0 Å². The highest BCUT2D eigenvalue weighted by Gasteiger charge is 2.22. The van der Waals surface area contributed by atoms with Gasteiger partial charge in [0.25, 0.3) is 0 Å². The summed E-state index contributed by atoms with van der Waals surface area (Å²) in [5.41, 5.74) is 0. The lowest BCUT2D eigenvalue weighted by molar-refractivity contribution is 0.165. The fraction of sp³-hybridized carbons (Fsp3) is 0.111. The molecular formula is C18H17O5P. The number of phosphoric ester groups is 1. The smallest absolute Gasteiger partial charge is 0.491 e. The second-order valence-electron chi connectivity index (χ2n) is 5.03. The minimum atomic E-state index is -4.16. The van der Waals surface area contributed by atoms with Crippen molar-refractivity contribution in [3.8, 4) is 11.5 Å². The van der Waals surface area contributed by atoms with Gasteiger partial charge in [-0.3, -0.25) is 9.42 Å². The fourth-order valence-electron chi connectivity index (χ4n) is 2.27. The zero-order valence-corrected chi connectivity index (χ0v) is 13.8. The molecule has 0 spiro atoms. The normalized spacial score (nSPS) is 13.4. The van der Waals surface area contributed by atoms with E-state index in [0.717, 1.165) is 10.8 Å². The molecule has 3 aromatic rings. The van der Waals surface area contributed by atoms with E-state index in [1.807, 2.05) is 42.5 Å². The van der Waals surface area contributed by atoms with Gasteiger partial charge in [-0.15, -0.1) is 0 Å². The molecule has 5 nitrogen and oxygen atoms in total. The molecule has 0 bridgehead atoms. The average Bonchev–Trinajstić information content (AvgIpc) is 2.59. The Morgan fingerprint density at radius 3 is 2.38 bits per heavy atom. The van der Waals surface area contributed by atoms with Crippen molar-refractivity contribution in [3.05, 3.63) is 72.8 Å². The van der Waals surface area contributed by atoms with Crippen LogP contribution < -0.4 is 9.26 Å². The first-order valence-electron chi connectivity index (χ1n) is 7.47. The number of hydrogen-bond acceptors (Lipinski definition) is 4. The second-order valence-corrected chi connectivity index (χ2v) is 6.41. The Morgan fingerprint density at radius 2 is 1.54 bits per heavy atom. The minimum Gasteiger partial charge on any atom is -0.491 e. The number of para-hydroxylation sites is 1. The Labute approximate surface area is 140 Å². The van der Waals surface area contributed by atoms with Gasteiger partial charge in [-0.05, 0) is 23.6 Å². The molecule has 0 amide bonds. The SMILES string of the molecule is O=P(O)(OCCOc1cccc2ccccc12)Oc1ccccc1. The van der Waals surface area contributed by atoms with Gasteiger partial charge in [0.15, 0.2) is 0 Å². The summed E-state index contributed by atoms with van der Waals surface area (Å²) in [6.07, 6.45) is 0. The molecule has 0 aliphatic carbocycles. The minimum absolute atomic E-state index is 0.0656. The van der Waals surface area contributed by atoms with Crippen LogP contribution in [0.25, 0.3) is 10.8 Å². The summed E-state index contributed by atoms with van der Waals surface area (Å²) in [5, 5.41) is 2.05. The summed E-state index contributed by atoms with van der Waals surface area (Å²) in [7, 11) is -4.16. The predicted octanol–water partition coefficient (Wildman–Crippen LogP) is 4.41. The lowest BCUT2D eigenvalue weighted by Crippen LogP contribution is -2.07. The highest BCUT2D eigenvalue weighted by atomic mass is 31.2. The van der Waals surface area contributed by atoms with Gasteiger partial charge in [0, 0.05) is 5.39 Å². The monoisotopic (exact) mass is 344 g/mol. The molecule has 0 aliphatic rings. The maximum Gasteiger partial charge on any atom is 0.527 e. The van der Waals surface area contributed by atoms with Crippen molar-refractivity contribution in [2.24, 2.45) is 0 Å². The number of ether oxygens (including phenoxy) is 1. The quantitative estimate of drug-likeness (QED) is 0.508. The molecule has 0 aromatic heterocycles. The summed E-state index contributed by atoms with van der Waals surface area (Å²) in [4.78, 5) is 9.69. The van der Waals surface area contributed by atoms with Gasteiger partial charge in [-0.2, -0.15) is 0 Å². The maximum atomic E-state index is 11.9. The highest BCUT2D eigenvalue weighted by molar-refractivity contribution is 7.47. The maximum absolute atomic E-state index is 11.9. The van der Waals surface area contributed by atoms with Crippen LogP contribution in [0.2, 0.25) is 0 Å². The van der Waals surface area contributed by atoms with Crippen molar-refractivity contribution in [1.82, 2.24) is 0 Å². The van der Waals surface area contributed by atoms with Gasteiger partial charge in [0.2, 0.25) is 0 Å². The van der Waals surface area contributed by atoms with Crippen LogP contribution in [0.15, 0.2) is 72.8 Å². The van der Waals surface area contributed by atoms with Crippen molar-refractivity contribution in [3.63, 3.8) is 0 Å². The van der Waals surface area contributed by atoms with E-state index in [-0.39, 0.29) is 19.0 Å². The van der Waals surface area contributed by atoms with Crippen molar-refractivity contribution < 1.29 is 23.2 Å². The predicted molar refractivity (Wildman–Crippen MR) is 92.3 cm³/mol. The van der Waals surface area contributed by atoms with Gasteiger partial charge >= 0.3 is 7.82 Å². The Kier molecular flexibility index (Phi) is 5.16. The molecule has 0 fully saturated rings. The molecule has 1 N–H and O–H groups in total. The molecule has 3 aromatic carbocycles. The molecule has 3 rings (SSSR count). The van der Waals surface area contributed by atoms with E-state index in [2.05, 4.69) is 0 Å². The lowest BCUT2D eigenvalue weighted by Gasteiger charge is -2.14. The van der Waals surface area contributed by atoms with E-state index in [1.165, 1.54) is 0 Å². The summed E-state index contributed by atoms with van der Waals surface area (Å²) in [5.74, 6) is 0.978. The van der Waals surface area contributed by atoms with Crippen molar-refractivity contribution >= 4 is 18.6 Å². The number of benzene rings is 3. The molecule has 1 unspecified atom stereocenters. The average molecular weight is 344 g/mol. The summed E-state index contributed by atoms with van der Waals surface area (Å²) in [6, 6.07) is 21.9. The van der Waals surface area contributed by atoms with Crippen LogP contribution in [-0.2, 0) is 9.09 Å². The standard InChI is InChI=1S/C18H17O5P/c19-24(20,23-16-9-2-1-3-10-16)22-14-13-21-18-12-6-8-15-7-4-5-11-17(15)18/h1-12H,13-14H2,(H,19,20). The molecule has 24 heavy (non-hydrogen) atoms.